The topological polar surface area (TPSA) is 42.7 Å². The molecule has 9 aromatic carbocycles. The molecule has 12 rings (SSSR count). The second-order valence-electron chi connectivity index (χ2n) is 14.0. The van der Waals surface area contributed by atoms with Crippen molar-refractivity contribution < 1.29 is 13.3 Å². The molecule has 0 amide bonds. The van der Waals surface area contributed by atoms with E-state index in [2.05, 4.69) is 150 Å². The van der Waals surface area contributed by atoms with Crippen LogP contribution in [0, 0.1) is 0 Å². The van der Waals surface area contributed by atoms with E-state index in [1.807, 2.05) is 30.3 Å². The van der Waals surface area contributed by atoms with Gasteiger partial charge in [0.1, 0.15) is 33.5 Å². The van der Waals surface area contributed by atoms with Crippen molar-refractivity contribution in [3.8, 4) is 11.1 Å². The fourth-order valence-electron chi connectivity index (χ4n) is 8.57. The zero-order chi connectivity index (χ0) is 35.3. The van der Waals surface area contributed by atoms with Crippen LogP contribution in [0.3, 0.4) is 0 Å². The molecule has 252 valence electrons. The molecule has 3 heterocycles. The number of nitrogens with zero attached hydrogens (tertiary/aromatic N) is 1. The number of furan rings is 3. The summed E-state index contributed by atoms with van der Waals surface area (Å²) in [5.41, 5.74) is 10.6. The van der Waals surface area contributed by atoms with Crippen molar-refractivity contribution in [3.63, 3.8) is 0 Å². The second-order valence-corrected chi connectivity index (χ2v) is 14.0. The molecule has 4 nitrogen and oxygen atoms in total. The average molecular weight is 692 g/mol. The van der Waals surface area contributed by atoms with Gasteiger partial charge in [-0.25, -0.2) is 0 Å². The zero-order valence-electron chi connectivity index (χ0n) is 28.9. The highest BCUT2D eigenvalue weighted by Gasteiger charge is 2.21. The Morgan fingerprint density at radius 3 is 1.70 bits per heavy atom. The van der Waals surface area contributed by atoms with Crippen LogP contribution < -0.4 is 4.90 Å². The number of anilines is 3. The normalized spacial score (nSPS) is 12.1. The fraction of sp³-hybridized carbons (Fsp3) is 0. The van der Waals surface area contributed by atoms with Gasteiger partial charge in [0.05, 0.1) is 5.69 Å². The van der Waals surface area contributed by atoms with Gasteiger partial charge in [-0.3, -0.25) is 0 Å². The summed E-state index contributed by atoms with van der Waals surface area (Å²) >= 11 is 0. The smallest absolute Gasteiger partial charge is 0.139 e. The van der Waals surface area contributed by atoms with Gasteiger partial charge >= 0.3 is 0 Å². The molecule has 12 aromatic rings. The van der Waals surface area contributed by atoms with Crippen LogP contribution in [0.1, 0.15) is 0 Å². The van der Waals surface area contributed by atoms with E-state index in [-0.39, 0.29) is 0 Å². The van der Waals surface area contributed by atoms with E-state index in [4.69, 9.17) is 13.3 Å². The summed E-state index contributed by atoms with van der Waals surface area (Å²) < 4.78 is 18.9. The summed E-state index contributed by atoms with van der Waals surface area (Å²) in [6.07, 6.45) is 0. The van der Waals surface area contributed by atoms with Crippen LogP contribution in [0.25, 0.3) is 98.5 Å². The molecule has 0 radical (unpaired) electrons. The third-order valence-corrected chi connectivity index (χ3v) is 11.0. The van der Waals surface area contributed by atoms with Gasteiger partial charge in [-0.15, -0.1) is 0 Å². The summed E-state index contributed by atoms with van der Waals surface area (Å²) in [7, 11) is 0. The maximum Gasteiger partial charge on any atom is 0.139 e. The van der Waals surface area contributed by atoms with Crippen LogP contribution in [0.15, 0.2) is 189 Å². The Bertz CT molecular complexity index is 3450. The number of benzene rings is 9. The highest BCUT2D eigenvalue weighted by atomic mass is 16.3. The Morgan fingerprint density at radius 2 is 0.889 bits per heavy atom. The molecule has 3 aromatic heterocycles. The summed E-state index contributed by atoms with van der Waals surface area (Å²) in [5, 5.41) is 11.4. The maximum absolute atomic E-state index is 6.47. The van der Waals surface area contributed by atoms with Gasteiger partial charge in [0.25, 0.3) is 0 Å². The van der Waals surface area contributed by atoms with Crippen molar-refractivity contribution >= 4 is 104 Å². The van der Waals surface area contributed by atoms with Crippen molar-refractivity contribution in [2.24, 2.45) is 0 Å². The first kappa shape index (κ1) is 29.3. The first-order chi connectivity index (χ1) is 26.7. The van der Waals surface area contributed by atoms with Crippen LogP contribution in [0.5, 0.6) is 0 Å². The molecule has 54 heavy (non-hydrogen) atoms. The first-order valence-corrected chi connectivity index (χ1v) is 18.2. The second kappa shape index (κ2) is 11.1. The molecule has 0 aliphatic heterocycles. The van der Waals surface area contributed by atoms with E-state index in [0.717, 1.165) is 94.0 Å². The molecule has 0 spiro atoms. The maximum atomic E-state index is 6.47. The minimum atomic E-state index is 0.807. The molecular formula is C50H29NO3. The van der Waals surface area contributed by atoms with Gasteiger partial charge in [0, 0.05) is 55.1 Å². The zero-order valence-corrected chi connectivity index (χ0v) is 28.9. The van der Waals surface area contributed by atoms with Crippen LogP contribution >= 0.6 is 0 Å². The van der Waals surface area contributed by atoms with Gasteiger partial charge < -0.3 is 18.2 Å². The van der Waals surface area contributed by atoms with Crippen LogP contribution in [0.2, 0.25) is 0 Å². The van der Waals surface area contributed by atoms with Crippen molar-refractivity contribution in [3.05, 3.63) is 176 Å². The summed E-state index contributed by atoms with van der Waals surface area (Å²) in [4.78, 5) is 2.39. The van der Waals surface area contributed by atoms with Crippen LogP contribution in [0.4, 0.5) is 17.1 Å². The minimum Gasteiger partial charge on any atom is -0.456 e. The molecule has 0 fully saturated rings. The van der Waals surface area contributed by atoms with Gasteiger partial charge in [-0.05, 0) is 87.9 Å². The molecule has 0 saturated carbocycles. The van der Waals surface area contributed by atoms with Gasteiger partial charge in [-0.1, -0.05) is 109 Å². The van der Waals surface area contributed by atoms with E-state index < -0.39 is 0 Å². The Balaban J connectivity index is 1.09. The molecule has 0 unspecified atom stereocenters. The van der Waals surface area contributed by atoms with Crippen molar-refractivity contribution in [2.75, 3.05) is 4.90 Å². The molecule has 0 atom stereocenters. The van der Waals surface area contributed by atoms with Gasteiger partial charge in [-0.2, -0.15) is 0 Å². The summed E-state index contributed by atoms with van der Waals surface area (Å²) in [6.45, 7) is 0. The van der Waals surface area contributed by atoms with Crippen molar-refractivity contribution in [1.82, 2.24) is 0 Å². The third kappa shape index (κ3) is 4.25. The van der Waals surface area contributed by atoms with E-state index in [9.17, 15) is 0 Å². The van der Waals surface area contributed by atoms with Crippen LogP contribution in [-0.4, -0.2) is 0 Å². The van der Waals surface area contributed by atoms with Gasteiger partial charge in [0.2, 0.25) is 0 Å². The third-order valence-electron chi connectivity index (χ3n) is 11.0. The molecular weight excluding hydrogens is 663 g/mol. The van der Waals surface area contributed by atoms with Crippen molar-refractivity contribution in [1.29, 1.82) is 0 Å². The van der Waals surface area contributed by atoms with E-state index >= 15 is 0 Å². The molecule has 0 saturated heterocycles. The van der Waals surface area contributed by atoms with Crippen molar-refractivity contribution in [2.45, 2.75) is 0 Å². The number of hydrogen-bond donors (Lipinski definition) is 0. The number of rotatable bonds is 4. The van der Waals surface area contributed by atoms with Crippen LogP contribution in [-0.2, 0) is 0 Å². The standard InChI is InChI=1S/C50H29NO3/c1-2-11-34-31(10-1)26-43(37-13-4-3-12-36(34)37)51(32-22-20-30(21-23-32)35-16-9-19-47-50(35)39-15-6-8-18-45(39)52-47)33-24-25-46-40(27-33)42-28-41-38-14-5-7-17-44(38)53-48(41)29-49(42)54-46/h1-29H. The number of hydrogen-bond acceptors (Lipinski definition) is 4. The number of fused-ring (bicyclic) bond motifs is 12. The Kier molecular flexibility index (Phi) is 6.02. The Morgan fingerprint density at radius 1 is 0.315 bits per heavy atom. The quantitative estimate of drug-likeness (QED) is 0.172. The summed E-state index contributed by atoms with van der Waals surface area (Å²) in [5.74, 6) is 0. The molecule has 4 heteroatoms. The Hall–Kier alpha value is -7.30. The van der Waals surface area contributed by atoms with Gasteiger partial charge in [0.15, 0.2) is 0 Å². The predicted octanol–water partition coefficient (Wildman–Crippen LogP) is 14.8. The molecule has 0 aliphatic carbocycles. The highest BCUT2D eigenvalue weighted by Crippen LogP contribution is 2.45. The largest absolute Gasteiger partial charge is 0.456 e. The summed E-state index contributed by atoms with van der Waals surface area (Å²) in [6, 6.07) is 62.2. The van der Waals surface area contributed by atoms with E-state index in [1.54, 1.807) is 0 Å². The lowest BCUT2D eigenvalue weighted by Gasteiger charge is -2.28. The SMILES string of the molecule is c1ccc2c(c1)cc(N(c1ccc(-c3cccc4oc5ccccc5c34)cc1)c1ccc3oc4cc5oc6ccccc6c5cc4c3c1)c1ccccc12. The predicted molar refractivity (Wildman–Crippen MR) is 223 cm³/mol. The molecule has 0 aliphatic rings. The first-order valence-electron chi connectivity index (χ1n) is 18.2. The minimum absolute atomic E-state index is 0.807. The fourth-order valence-corrected chi connectivity index (χ4v) is 8.57. The molecule has 0 bridgehead atoms. The lowest BCUT2D eigenvalue weighted by Crippen LogP contribution is -2.10. The molecule has 0 N–H and O–H groups in total. The lowest BCUT2D eigenvalue weighted by molar-refractivity contribution is 0.656. The Labute approximate surface area is 308 Å². The highest BCUT2D eigenvalue weighted by molar-refractivity contribution is 6.18. The lowest BCUT2D eigenvalue weighted by atomic mass is 9.97. The average Bonchev–Trinajstić information content (AvgIpc) is 3.91. The number of para-hydroxylation sites is 2. The van der Waals surface area contributed by atoms with E-state index in [0.29, 0.717) is 0 Å². The van der Waals surface area contributed by atoms with E-state index in [1.165, 1.54) is 21.5 Å². The monoisotopic (exact) mass is 691 g/mol.